The van der Waals surface area contributed by atoms with E-state index in [0.29, 0.717) is 31.8 Å². The second kappa shape index (κ2) is 7.08. The summed E-state index contributed by atoms with van der Waals surface area (Å²) in [5.74, 6) is 0.798. The number of ether oxygens (including phenoxy) is 1. The molecule has 1 N–H and O–H groups in total. The molecule has 0 bridgehead atoms. The molecular weight excluding hydrogens is 242 g/mol. The van der Waals surface area contributed by atoms with Crippen LogP contribution >= 0.6 is 0 Å². The third kappa shape index (κ3) is 4.34. The van der Waals surface area contributed by atoms with E-state index in [4.69, 9.17) is 9.15 Å². The van der Waals surface area contributed by atoms with Gasteiger partial charge in [0.15, 0.2) is 0 Å². The summed E-state index contributed by atoms with van der Waals surface area (Å²) in [5, 5.41) is 10.1. The number of hydrogen-bond acceptors (Lipinski definition) is 4. The van der Waals surface area contributed by atoms with Crippen LogP contribution in [0.15, 0.2) is 22.8 Å². The van der Waals surface area contributed by atoms with Crippen molar-refractivity contribution in [2.75, 3.05) is 13.2 Å². The van der Waals surface area contributed by atoms with E-state index in [9.17, 15) is 5.11 Å². The lowest BCUT2D eigenvalue weighted by Crippen LogP contribution is -2.48. The molecule has 1 aliphatic carbocycles. The molecule has 1 atom stereocenters. The summed E-state index contributed by atoms with van der Waals surface area (Å²) >= 11 is 0. The summed E-state index contributed by atoms with van der Waals surface area (Å²) in [5.41, 5.74) is 0. The maximum Gasteiger partial charge on any atom is 0.129 e. The van der Waals surface area contributed by atoms with Crippen LogP contribution in [0.25, 0.3) is 0 Å². The monoisotopic (exact) mass is 267 g/mol. The van der Waals surface area contributed by atoms with Gasteiger partial charge in [0.05, 0.1) is 19.0 Å². The smallest absolute Gasteiger partial charge is 0.129 e. The minimum absolute atomic E-state index is 0.358. The van der Waals surface area contributed by atoms with E-state index in [-0.39, 0.29) is 0 Å². The van der Waals surface area contributed by atoms with Crippen molar-refractivity contribution in [3.8, 4) is 0 Å². The van der Waals surface area contributed by atoms with E-state index in [2.05, 4.69) is 18.7 Å². The average Bonchev–Trinajstić information content (AvgIpc) is 2.78. The number of aliphatic hydroxyl groups is 1. The number of rotatable bonds is 8. The Morgan fingerprint density at radius 3 is 2.79 bits per heavy atom. The zero-order chi connectivity index (χ0) is 13.7. The predicted molar refractivity (Wildman–Crippen MR) is 73.9 cm³/mol. The van der Waals surface area contributed by atoms with Gasteiger partial charge in [-0.3, -0.25) is 4.90 Å². The second-order valence-electron chi connectivity index (χ2n) is 5.62. The van der Waals surface area contributed by atoms with Gasteiger partial charge in [-0.05, 0) is 38.8 Å². The van der Waals surface area contributed by atoms with E-state index in [1.807, 2.05) is 12.1 Å². The van der Waals surface area contributed by atoms with Gasteiger partial charge >= 0.3 is 0 Å². The third-order valence-corrected chi connectivity index (χ3v) is 3.76. The summed E-state index contributed by atoms with van der Waals surface area (Å²) in [6, 6.07) is 4.85. The Balaban J connectivity index is 1.68. The van der Waals surface area contributed by atoms with Crippen molar-refractivity contribution in [3.05, 3.63) is 24.2 Å². The molecule has 1 aliphatic rings. The van der Waals surface area contributed by atoms with Crippen molar-refractivity contribution in [3.63, 3.8) is 0 Å². The molecule has 2 rings (SSSR count). The Hall–Kier alpha value is -0.840. The topological polar surface area (TPSA) is 45.8 Å². The largest absolute Gasteiger partial charge is 0.467 e. The van der Waals surface area contributed by atoms with Crippen LogP contribution in [-0.2, 0) is 11.3 Å². The van der Waals surface area contributed by atoms with E-state index < -0.39 is 6.10 Å². The molecular formula is C15H25NO3. The molecule has 4 nitrogen and oxygen atoms in total. The average molecular weight is 267 g/mol. The Labute approximate surface area is 115 Å². The summed E-state index contributed by atoms with van der Waals surface area (Å²) in [6.45, 7) is 5.86. The normalized spacial score (nSPS) is 17.9. The molecule has 1 aromatic rings. The molecule has 19 heavy (non-hydrogen) atoms. The maximum absolute atomic E-state index is 10.1. The van der Waals surface area contributed by atoms with E-state index in [1.165, 1.54) is 19.3 Å². The Bertz CT molecular complexity index is 346. The molecule has 1 saturated carbocycles. The first-order valence-corrected chi connectivity index (χ1v) is 7.20. The van der Waals surface area contributed by atoms with Crippen LogP contribution in [0.1, 0.15) is 38.9 Å². The Morgan fingerprint density at radius 1 is 1.47 bits per heavy atom. The third-order valence-electron chi connectivity index (χ3n) is 3.76. The number of hydrogen-bond donors (Lipinski definition) is 1. The molecule has 108 valence electrons. The van der Waals surface area contributed by atoms with Crippen LogP contribution < -0.4 is 0 Å². The van der Waals surface area contributed by atoms with Gasteiger partial charge in [-0.25, -0.2) is 0 Å². The van der Waals surface area contributed by atoms with Gasteiger partial charge in [0.1, 0.15) is 12.4 Å². The SMILES string of the molecule is CC(C)N(CC(O)COCc1ccco1)C1CCC1. The van der Waals surface area contributed by atoms with Crippen LogP contribution in [0, 0.1) is 0 Å². The van der Waals surface area contributed by atoms with Crippen molar-refractivity contribution >= 4 is 0 Å². The van der Waals surface area contributed by atoms with Crippen LogP contribution in [0.5, 0.6) is 0 Å². The highest BCUT2D eigenvalue weighted by Crippen LogP contribution is 2.26. The van der Waals surface area contributed by atoms with Crippen molar-refractivity contribution < 1.29 is 14.3 Å². The molecule has 0 aromatic carbocycles. The fourth-order valence-electron chi connectivity index (χ4n) is 2.49. The molecule has 4 heteroatoms. The first-order valence-electron chi connectivity index (χ1n) is 7.20. The Morgan fingerprint density at radius 2 is 2.26 bits per heavy atom. The second-order valence-corrected chi connectivity index (χ2v) is 5.62. The molecule has 0 saturated heterocycles. The van der Waals surface area contributed by atoms with E-state index in [0.717, 1.165) is 5.76 Å². The zero-order valence-corrected chi connectivity index (χ0v) is 11.9. The fraction of sp³-hybridized carbons (Fsp3) is 0.733. The lowest BCUT2D eigenvalue weighted by atomic mass is 9.90. The molecule has 1 aromatic heterocycles. The first kappa shape index (κ1) is 14.6. The standard InChI is InChI=1S/C15H25NO3/c1-12(2)16(13-5-3-6-13)9-14(17)10-18-11-15-7-4-8-19-15/h4,7-8,12-14,17H,3,5-6,9-11H2,1-2H3. The van der Waals surface area contributed by atoms with Crippen molar-refractivity contribution in [1.82, 2.24) is 4.90 Å². The van der Waals surface area contributed by atoms with Gasteiger partial charge in [-0.2, -0.15) is 0 Å². The summed E-state index contributed by atoms with van der Waals surface area (Å²) in [6.07, 6.45) is 5.04. The van der Waals surface area contributed by atoms with Crippen LogP contribution in [0.2, 0.25) is 0 Å². The van der Waals surface area contributed by atoms with Crippen molar-refractivity contribution in [2.45, 2.75) is 57.9 Å². The quantitative estimate of drug-likeness (QED) is 0.785. The van der Waals surface area contributed by atoms with Gasteiger partial charge in [-0.1, -0.05) is 6.42 Å². The van der Waals surface area contributed by atoms with E-state index in [1.54, 1.807) is 6.26 Å². The van der Waals surface area contributed by atoms with Crippen LogP contribution in [0.3, 0.4) is 0 Å². The zero-order valence-electron chi connectivity index (χ0n) is 11.9. The molecule has 1 heterocycles. The highest BCUT2D eigenvalue weighted by molar-refractivity contribution is 4.96. The lowest BCUT2D eigenvalue weighted by molar-refractivity contribution is -0.0180. The first-order chi connectivity index (χ1) is 9.16. The summed E-state index contributed by atoms with van der Waals surface area (Å²) < 4.78 is 10.7. The number of nitrogens with zero attached hydrogens (tertiary/aromatic N) is 1. The van der Waals surface area contributed by atoms with Gasteiger partial charge in [0.2, 0.25) is 0 Å². The highest BCUT2D eigenvalue weighted by atomic mass is 16.5. The Kier molecular flexibility index (Phi) is 5.43. The molecule has 0 spiro atoms. The summed E-state index contributed by atoms with van der Waals surface area (Å²) in [7, 11) is 0. The number of furan rings is 1. The molecule has 0 radical (unpaired) electrons. The van der Waals surface area contributed by atoms with Crippen molar-refractivity contribution in [2.24, 2.45) is 0 Å². The van der Waals surface area contributed by atoms with E-state index >= 15 is 0 Å². The fourth-order valence-corrected chi connectivity index (χ4v) is 2.49. The molecule has 0 aliphatic heterocycles. The lowest BCUT2D eigenvalue weighted by Gasteiger charge is -2.41. The molecule has 0 amide bonds. The minimum Gasteiger partial charge on any atom is -0.467 e. The van der Waals surface area contributed by atoms with Crippen LogP contribution in [-0.4, -0.2) is 41.3 Å². The predicted octanol–water partition coefficient (Wildman–Crippen LogP) is 2.42. The highest BCUT2D eigenvalue weighted by Gasteiger charge is 2.28. The van der Waals surface area contributed by atoms with Crippen molar-refractivity contribution in [1.29, 1.82) is 0 Å². The van der Waals surface area contributed by atoms with Gasteiger partial charge < -0.3 is 14.3 Å². The molecule has 1 unspecified atom stereocenters. The summed E-state index contributed by atoms with van der Waals surface area (Å²) in [4.78, 5) is 2.39. The molecule has 1 fully saturated rings. The van der Waals surface area contributed by atoms with Crippen LogP contribution in [0.4, 0.5) is 0 Å². The minimum atomic E-state index is -0.432. The van der Waals surface area contributed by atoms with Gasteiger partial charge in [-0.15, -0.1) is 0 Å². The number of aliphatic hydroxyl groups excluding tert-OH is 1. The maximum atomic E-state index is 10.1. The van der Waals surface area contributed by atoms with Gasteiger partial charge in [0.25, 0.3) is 0 Å². The van der Waals surface area contributed by atoms with Gasteiger partial charge in [0, 0.05) is 18.6 Å².